The van der Waals surface area contributed by atoms with Crippen molar-refractivity contribution in [3.63, 3.8) is 0 Å². The summed E-state index contributed by atoms with van der Waals surface area (Å²) in [4.78, 5) is 23.4. The molecule has 1 heterocycles. The topological polar surface area (TPSA) is 143 Å². The Kier molecular flexibility index (Phi) is 6.69. The number of aliphatic hydroxyl groups excluding tert-OH is 1. The zero-order valence-corrected chi connectivity index (χ0v) is 13.1. The quantitative estimate of drug-likeness (QED) is 0.503. The van der Waals surface area contributed by atoms with Gasteiger partial charge in [-0.25, -0.2) is 0 Å². The predicted octanol–water partition coefficient (Wildman–Crippen LogP) is -1.74. The second-order valence-corrected chi connectivity index (χ2v) is 5.32. The third-order valence-electron chi connectivity index (χ3n) is 3.24. The molecular formula is C13H24N2O7. The summed E-state index contributed by atoms with van der Waals surface area (Å²) in [7, 11) is 1.34. The Morgan fingerprint density at radius 3 is 1.95 bits per heavy atom. The van der Waals surface area contributed by atoms with Crippen molar-refractivity contribution in [1.82, 2.24) is 0 Å². The van der Waals surface area contributed by atoms with Gasteiger partial charge in [0.1, 0.15) is 18.2 Å². The molecule has 9 heteroatoms. The molecule has 0 spiro atoms. The summed E-state index contributed by atoms with van der Waals surface area (Å²) in [5.41, 5.74) is 10.9. The first-order valence-corrected chi connectivity index (χ1v) is 6.97. The standard InChI is InChI=1S/C13H24N2O7/c1-5(14)11(17)21-9-8(16)7(3)20-13(19-4)10(9)22-12(18)6(2)15/h5-10,13,16H,14-15H2,1-4H3/t5-,6-,7+,8+,9-,10+,13-/m0/s1. The number of hydrogen-bond acceptors (Lipinski definition) is 9. The van der Waals surface area contributed by atoms with Crippen molar-refractivity contribution in [2.75, 3.05) is 7.11 Å². The van der Waals surface area contributed by atoms with Crippen LogP contribution >= 0.6 is 0 Å². The van der Waals surface area contributed by atoms with E-state index in [-0.39, 0.29) is 0 Å². The van der Waals surface area contributed by atoms with Crippen molar-refractivity contribution < 1.29 is 33.6 Å². The number of nitrogens with two attached hydrogens (primary N) is 2. The fourth-order valence-corrected chi connectivity index (χ4v) is 1.92. The lowest BCUT2D eigenvalue weighted by Crippen LogP contribution is -2.61. The maximum atomic E-state index is 11.7. The SMILES string of the molecule is CO[C@H]1O[C@H](C)[C@@H](O)[C@H](OC(=O)[C@H](C)N)[C@H]1OC(=O)[C@H](C)N. The van der Waals surface area contributed by atoms with E-state index in [4.69, 9.17) is 30.4 Å². The molecule has 0 unspecified atom stereocenters. The van der Waals surface area contributed by atoms with E-state index in [2.05, 4.69) is 0 Å². The monoisotopic (exact) mass is 320 g/mol. The summed E-state index contributed by atoms with van der Waals surface area (Å²) >= 11 is 0. The molecule has 0 amide bonds. The molecular weight excluding hydrogens is 296 g/mol. The van der Waals surface area contributed by atoms with Gasteiger partial charge < -0.3 is 35.5 Å². The minimum Gasteiger partial charge on any atom is -0.454 e. The van der Waals surface area contributed by atoms with Crippen LogP contribution in [0.3, 0.4) is 0 Å². The van der Waals surface area contributed by atoms with E-state index in [0.717, 1.165) is 0 Å². The van der Waals surface area contributed by atoms with Crippen LogP contribution in [-0.2, 0) is 28.5 Å². The fourth-order valence-electron chi connectivity index (χ4n) is 1.92. The normalized spacial score (nSPS) is 34.6. The molecule has 0 bridgehead atoms. The number of carbonyl (C=O) groups is 2. The smallest absolute Gasteiger partial charge is 0.323 e. The first kappa shape index (κ1) is 18.8. The van der Waals surface area contributed by atoms with Crippen molar-refractivity contribution in [1.29, 1.82) is 0 Å². The van der Waals surface area contributed by atoms with Gasteiger partial charge in [-0.2, -0.15) is 0 Å². The van der Waals surface area contributed by atoms with Crippen LogP contribution in [0.5, 0.6) is 0 Å². The summed E-state index contributed by atoms with van der Waals surface area (Å²) in [6, 6.07) is -1.78. The van der Waals surface area contributed by atoms with E-state index < -0.39 is 54.7 Å². The molecule has 9 nitrogen and oxygen atoms in total. The van der Waals surface area contributed by atoms with Gasteiger partial charge in [0.2, 0.25) is 0 Å². The molecule has 0 aromatic heterocycles. The summed E-state index contributed by atoms with van der Waals surface area (Å²) < 4.78 is 20.8. The Labute approximate surface area is 128 Å². The van der Waals surface area contributed by atoms with Crippen LogP contribution in [0.2, 0.25) is 0 Å². The van der Waals surface area contributed by atoms with Gasteiger partial charge in [0.25, 0.3) is 0 Å². The van der Waals surface area contributed by atoms with Crippen molar-refractivity contribution in [2.24, 2.45) is 11.5 Å². The molecule has 1 rings (SSSR count). The molecule has 0 radical (unpaired) electrons. The summed E-state index contributed by atoms with van der Waals surface area (Å²) in [6.45, 7) is 4.46. The molecule has 0 aromatic carbocycles. The molecule has 0 aromatic rings. The number of rotatable bonds is 5. The Balaban J connectivity index is 2.99. The number of carbonyl (C=O) groups excluding carboxylic acids is 2. The molecule has 1 saturated heterocycles. The summed E-state index contributed by atoms with van der Waals surface area (Å²) in [5, 5.41) is 10.2. The highest BCUT2D eigenvalue weighted by Gasteiger charge is 2.49. The molecule has 22 heavy (non-hydrogen) atoms. The lowest BCUT2D eigenvalue weighted by atomic mass is 9.99. The second kappa shape index (κ2) is 7.84. The molecule has 1 aliphatic rings. The van der Waals surface area contributed by atoms with Crippen LogP contribution in [0, 0.1) is 0 Å². The minimum absolute atomic E-state index is 0.693. The predicted molar refractivity (Wildman–Crippen MR) is 74.4 cm³/mol. The van der Waals surface area contributed by atoms with Crippen LogP contribution in [0.4, 0.5) is 0 Å². The summed E-state index contributed by atoms with van der Waals surface area (Å²) in [5.74, 6) is -1.48. The van der Waals surface area contributed by atoms with Crippen LogP contribution in [0.15, 0.2) is 0 Å². The average Bonchev–Trinajstić information content (AvgIpc) is 2.45. The van der Waals surface area contributed by atoms with Crippen molar-refractivity contribution in [3.05, 3.63) is 0 Å². The van der Waals surface area contributed by atoms with E-state index in [1.807, 2.05) is 0 Å². The number of aliphatic hydroxyl groups is 1. The number of hydrogen-bond donors (Lipinski definition) is 3. The molecule has 5 N–H and O–H groups in total. The number of ether oxygens (including phenoxy) is 4. The van der Waals surface area contributed by atoms with Gasteiger partial charge in [-0.3, -0.25) is 9.59 Å². The van der Waals surface area contributed by atoms with Gasteiger partial charge in [0, 0.05) is 7.11 Å². The number of esters is 2. The summed E-state index contributed by atoms with van der Waals surface area (Å²) in [6.07, 6.45) is -5.24. The molecule has 0 aliphatic carbocycles. The van der Waals surface area contributed by atoms with Crippen LogP contribution < -0.4 is 11.5 Å². The maximum Gasteiger partial charge on any atom is 0.323 e. The lowest BCUT2D eigenvalue weighted by molar-refractivity contribution is -0.293. The molecule has 7 atom stereocenters. The van der Waals surface area contributed by atoms with Crippen LogP contribution in [0.25, 0.3) is 0 Å². The fraction of sp³-hybridized carbons (Fsp3) is 0.846. The molecule has 1 fully saturated rings. The second-order valence-electron chi connectivity index (χ2n) is 5.32. The maximum absolute atomic E-state index is 11.7. The van der Waals surface area contributed by atoms with Gasteiger partial charge >= 0.3 is 11.9 Å². The Morgan fingerprint density at radius 1 is 1.09 bits per heavy atom. The third kappa shape index (κ3) is 4.37. The van der Waals surface area contributed by atoms with Crippen molar-refractivity contribution in [3.8, 4) is 0 Å². The Hall–Kier alpha value is -1.26. The van der Waals surface area contributed by atoms with Crippen molar-refractivity contribution >= 4 is 11.9 Å². The average molecular weight is 320 g/mol. The van der Waals surface area contributed by atoms with Gasteiger partial charge in [0.15, 0.2) is 18.5 Å². The largest absolute Gasteiger partial charge is 0.454 e. The van der Waals surface area contributed by atoms with E-state index in [0.29, 0.717) is 0 Å². The van der Waals surface area contributed by atoms with Gasteiger partial charge in [0.05, 0.1) is 6.10 Å². The van der Waals surface area contributed by atoms with E-state index in [1.54, 1.807) is 6.92 Å². The van der Waals surface area contributed by atoms with E-state index in [1.165, 1.54) is 21.0 Å². The lowest BCUT2D eigenvalue weighted by Gasteiger charge is -2.42. The van der Waals surface area contributed by atoms with Gasteiger partial charge in [-0.05, 0) is 20.8 Å². The highest BCUT2D eigenvalue weighted by molar-refractivity contribution is 5.76. The van der Waals surface area contributed by atoms with Crippen LogP contribution in [0.1, 0.15) is 20.8 Å². The molecule has 1 aliphatic heterocycles. The van der Waals surface area contributed by atoms with Crippen LogP contribution in [-0.4, -0.2) is 66.9 Å². The van der Waals surface area contributed by atoms with E-state index >= 15 is 0 Å². The zero-order chi connectivity index (χ0) is 17.0. The first-order valence-electron chi connectivity index (χ1n) is 6.97. The van der Waals surface area contributed by atoms with Crippen molar-refractivity contribution in [2.45, 2.75) is 63.6 Å². The molecule has 0 saturated carbocycles. The minimum atomic E-state index is -1.21. The Morgan fingerprint density at radius 2 is 1.55 bits per heavy atom. The highest BCUT2D eigenvalue weighted by Crippen LogP contribution is 2.27. The Bertz CT molecular complexity index is 380. The molecule has 128 valence electrons. The first-order chi connectivity index (χ1) is 10.2. The van der Waals surface area contributed by atoms with Gasteiger partial charge in [-0.1, -0.05) is 0 Å². The third-order valence-corrected chi connectivity index (χ3v) is 3.24. The van der Waals surface area contributed by atoms with E-state index in [9.17, 15) is 14.7 Å². The highest BCUT2D eigenvalue weighted by atomic mass is 16.7. The van der Waals surface area contributed by atoms with Gasteiger partial charge in [-0.15, -0.1) is 0 Å². The zero-order valence-electron chi connectivity index (χ0n) is 13.1. The number of methoxy groups -OCH3 is 1.